The maximum Gasteiger partial charge on any atom is 0.0620 e. The van der Waals surface area contributed by atoms with Crippen molar-refractivity contribution >= 4 is 0 Å². The van der Waals surface area contributed by atoms with E-state index in [2.05, 4.69) is 12.1 Å². The summed E-state index contributed by atoms with van der Waals surface area (Å²) >= 11 is 0. The molecule has 2 heteroatoms. The Hall–Kier alpha value is -0.860. The molecule has 0 saturated heterocycles. The number of hydrogen-bond donors (Lipinski definition) is 1. The summed E-state index contributed by atoms with van der Waals surface area (Å²) in [5, 5.41) is 0. The van der Waals surface area contributed by atoms with Crippen LogP contribution in [-0.2, 0) is 11.2 Å². The summed E-state index contributed by atoms with van der Waals surface area (Å²) < 4.78 is 5.24. The number of ether oxygens (including phenoxy) is 1. The van der Waals surface area contributed by atoms with Crippen LogP contribution >= 0.6 is 0 Å². The molecular formula is C11H17NO. The minimum Gasteiger partial charge on any atom is -0.380 e. The third-order valence-electron chi connectivity index (χ3n) is 1.88. The summed E-state index contributed by atoms with van der Waals surface area (Å²) in [6.45, 7) is 3.36. The molecule has 0 aliphatic rings. The van der Waals surface area contributed by atoms with E-state index in [4.69, 9.17) is 10.5 Å². The van der Waals surface area contributed by atoms with Crippen molar-refractivity contribution in [1.82, 2.24) is 0 Å². The molecule has 0 aliphatic carbocycles. The fourth-order valence-electron chi connectivity index (χ4n) is 1.24. The molecule has 0 bridgehead atoms. The molecule has 13 heavy (non-hydrogen) atoms. The zero-order chi connectivity index (χ0) is 9.52. The summed E-state index contributed by atoms with van der Waals surface area (Å²) in [4.78, 5) is 0. The Labute approximate surface area is 79.7 Å². The maximum absolute atomic E-state index is 5.87. The van der Waals surface area contributed by atoms with Crippen LogP contribution in [0.4, 0.5) is 0 Å². The molecule has 0 fully saturated rings. The maximum atomic E-state index is 5.87. The molecule has 1 atom stereocenters. The minimum absolute atomic E-state index is 0.113. The normalized spacial score (nSPS) is 12.8. The Balaban J connectivity index is 2.32. The lowest BCUT2D eigenvalue weighted by molar-refractivity contribution is 0.133. The summed E-state index contributed by atoms with van der Waals surface area (Å²) in [6.07, 6.45) is 0.890. The average Bonchev–Trinajstić information content (AvgIpc) is 2.16. The van der Waals surface area contributed by atoms with E-state index in [0.717, 1.165) is 13.0 Å². The van der Waals surface area contributed by atoms with Gasteiger partial charge in [-0.25, -0.2) is 0 Å². The molecule has 0 aliphatic heterocycles. The van der Waals surface area contributed by atoms with Gasteiger partial charge in [0.25, 0.3) is 0 Å². The molecule has 2 nitrogen and oxygen atoms in total. The van der Waals surface area contributed by atoms with Gasteiger partial charge in [-0.15, -0.1) is 0 Å². The predicted octanol–water partition coefficient (Wildman–Crippen LogP) is 1.59. The zero-order valence-corrected chi connectivity index (χ0v) is 8.07. The summed E-state index contributed by atoms with van der Waals surface area (Å²) in [5.41, 5.74) is 7.14. The van der Waals surface area contributed by atoms with Gasteiger partial charge in [-0.2, -0.15) is 0 Å². The van der Waals surface area contributed by atoms with E-state index in [-0.39, 0.29) is 6.04 Å². The molecule has 0 radical (unpaired) electrons. The second kappa shape index (κ2) is 5.73. The van der Waals surface area contributed by atoms with Crippen molar-refractivity contribution in [2.45, 2.75) is 19.4 Å². The third kappa shape index (κ3) is 4.06. The van der Waals surface area contributed by atoms with Gasteiger partial charge in [0.2, 0.25) is 0 Å². The molecule has 1 aromatic rings. The Morgan fingerprint density at radius 3 is 2.62 bits per heavy atom. The van der Waals surface area contributed by atoms with Gasteiger partial charge in [0, 0.05) is 12.6 Å². The first kappa shape index (κ1) is 10.2. The van der Waals surface area contributed by atoms with Crippen molar-refractivity contribution in [2.75, 3.05) is 13.2 Å². The molecule has 1 aromatic carbocycles. The molecule has 0 aromatic heterocycles. The molecule has 2 N–H and O–H groups in total. The van der Waals surface area contributed by atoms with Crippen molar-refractivity contribution in [1.29, 1.82) is 0 Å². The van der Waals surface area contributed by atoms with E-state index in [1.807, 2.05) is 25.1 Å². The monoisotopic (exact) mass is 179 g/mol. The predicted molar refractivity (Wildman–Crippen MR) is 54.6 cm³/mol. The highest BCUT2D eigenvalue weighted by Gasteiger charge is 2.02. The first-order valence-corrected chi connectivity index (χ1v) is 4.70. The first-order valence-electron chi connectivity index (χ1n) is 4.70. The molecule has 1 rings (SSSR count). The van der Waals surface area contributed by atoms with Crippen LogP contribution in [0, 0.1) is 0 Å². The van der Waals surface area contributed by atoms with Crippen LogP contribution in [0.2, 0.25) is 0 Å². The lowest BCUT2D eigenvalue weighted by Crippen LogP contribution is -2.28. The summed E-state index contributed by atoms with van der Waals surface area (Å²) in [5.74, 6) is 0. The van der Waals surface area contributed by atoms with Crippen LogP contribution in [0.5, 0.6) is 0 Å². The van der Waals surface area contributed by atoms with E-state index >= 15 is 0 Å². The molecule has 72 valence electrons. The zero-order valence-electron chi connectivity index (χ0n) is 8.07. The Morgan fingerprint density at radius 1 is 1.31 bits per heavy atom. The van der Waals surface area contributed by atoms with Crippen molar-refractivity contribution in [3.05, 3.63) is 35.9 Å². The smallest absolute Gasteiger partial charge is 0.0620 e. The topological polar surface area (TPSA) is 35.2 Å². The molecule has 0 amide bonds. The van der Waals surface area contributed by atoms with Crippen molar-refractivity contribution < 1.29 is 4.74 Å². The van der Waals surface area contributed by atoms with Crippen molar-refractivity contribution in [2.24, 2.45) is 5.73 Å². The largest absolute Gasteiger partial charge is 0.380 e. The Bertz CT molecular complexity index is 223. The third-order valence-corrected chi connectivity index (χ3v) is 1.88. The number of rotatable bonds is 5. The highest BCUT2D eigenvalue weighted by Crippen LogP contribution is 2.01. The van der Waals surface area contributed by atoms with Crippen molar-refractivity contribution in [3.8, 4) is 0 Å². The minimum atomic E-state index is 0.113. The average molecular weight is 179 g/mol. The molecule has 0 unspecified atom stereocenters. The molecule has 0 saturated carbocycles. The Kier molecular flexibility index (Phi) is 4.50. The van der Waals surface area contributed by atoms with E-state index in [0.29, 0.717) is 6.61 Å². The SMILES string of the molecule is CCOC[C@H](N)Cc1ccccc1. The quantitative estimate of drug-likeness (QED) is 0.745. The van der Waals surface area contributed by atoms with Crippen LogP contribution in [-0.4, -0.2) is 19.3 Å². The van der Waals surface area contributed by atoms with Crippen LogP contribution < -0.4 is 5.73 Å². The van der Waals surface area contributed by atoms with E-state index in [1.54, 1.807) is 0 Å². The van der Waals surface area contributed by atoms with Gasteiger partial charge in [-0.1, -0.05) is 30.3 Å². The number of benzene rings is 1. The highest BCUT2D eigenvalue weighted by atomic mass is 16.5. The second-order valence-corrected chi connectivity index (χ2v) is 3.11. The highest BCUT2D eigenvalue weighted by molar-refractivity contribution is 5.15. The van der Waals surface area contributed by atoms with Gasteiger partial charge >= 0.3 is 0 Å². The fraction of sp³-hybridized carbons (Fsp3) is 0.455. The molecule has 0 heterocycles. The van der Waals surface area contributed by atoms with Crippen LogP contribution in [0.15, 0.2) is 30.3 Å². The van der Waals surface area contributed by atoms with E-state index < -0.39 is 0 Å². The van der Waals surface area contributed by atoms with Crippen molar-refractivity contribution in [3.63, 3.8) is 0 Å². The fourth-order valence-corrected chi connectivity index (χ4v) is 1.24. The standard InChI is InChI=1S/C11H17NO/c1-2-13-9-11(12)8-10-6-4-3-5-7-10/h3-7,11H,2,8-9,12H2,1H3/t11-/m1/s1. The number of hydrogen-bond acceptors (Lipinski definition) is 2. The van der Waals surface area contributed by atoms with Crippen LogP contribution in [0.1, 0.15) is 12.5 Å². The number of nitrogens with two attached hydrogens (primary N) is 1. The van der Waals surface area contributed by atoms with Gasteiger partial charge in [0.15, 0.2) is 0 Å². The van der Waals surface area contributed by atoms with Gasteiger partial charge < -0.3 is 10.5 Å². The van der Waals surface area contributed by atoms with Gasteiger partial charge in [0.05, 0.1) is 6.61 Å². The van der Waals surface area contributed by atoms with Gasteiger partial charge in [0.1, 0.15) is 0 Å². The Morgan fingerprint density at radius 2 is 2.00 bits per heavy atom. The summed E-state index contributed by atoms with van der Waals surface area (Å²) in [7, 11) is 0. The van der Waals surface area contributed by atoms with Crippen LogP contribution in [0.25, 0.3) is 0 Å². The van der Waals surface area contributed by atoms with Gasteiger partial charge in [-0.3, -0.25) is 0 Å². The van der Waals surface area contributed by atoms with E-state index in [1.165, 1.54) is 5.56 Å². The lowest BCUT2D eigenvalue weighted by atomic mass is 10.1. The summed E-state index contributed by atoms with van der Waals surface area (Å²) in [6, 6.07) is 10.4. The second-order valence-electron chi connectivity index (χ2n) is 3.11. The molecular weight excluding hydrogens is 162 g/mol. The van der Waals surface area contributed by atoms with E-state index in [9.17, 15) is 0 Å². The van der Waals surface area contributed by atoms with Gasteiger partial charge in [-0.05, 0) is 18.9 Å². The van der Waals surface area contributed by atoms with Crippen LogP contribution in [0.3, 0.4) is 0 Å². The lowest BCUT2D eigenvalue weighted by Gasteiger charge is -2.10. The molecule has 0 spiro atoms. The first-order chi connectivity index (χ1) is 6.33.